The molecule has 3 rings (SSSR count). The van der Waals surface area contributed by atoms with Crippen molar-refractivity contribution in [1.29, 1.82) is 0 Å². The Labute approximate surface area is 111 Å². The molecule has 1 heterocycles. The predicted molar refractivity (Wildman–Crippen MR) is 71.4 cm³/mol. The summed E-state index contributed by atoms with van der Waals surface area (Å²) in [6.45, 7) is 2.01. The Kier molecular flexibility index (Phi) is 2.75. The number of esters is 1. The summed E-state index contributed by atoms with van der Waals surface area (Å²) >= 11 is 0. The van der Waals surface area contributed by atoms with E-state index in [9.17, 15) is 4.79 Å². The van der Waals surface area contributed by atoms with E-state index in [0.717, 1.165) is 22.4 Å². The SMILES string of the molecule is COc1ccc(C)cc1C1OC(=O)c2ccccc21. The van der Waals surface area contributed by atoms with Gasteiger partial charge in [0.1, 0.15) is 5.75 Å². The second kappa shape index (κ2) is 4.43. The Morgan fingerprint density at radius 1 is 1.11 bits per heavy atom. The van der Waals surface area contributed by atoms with E-state index in [-0.39, 0.29) is 12.1 Å². The standard InChI is InChI=1S/C16H14O3/c1-10-7-8-14(18-2)13(9-10)15-11-5-3-4-6-12(11)16(17)19-15/h3-9,15H,1-2H3. The molecule has 0 bridgehead atoms. The highest BCUT2D eigenvalue weighted by molar-refractivity contribution is 5.94. The molecule has 0 N–H and O–H groups in total. The smallest absolute Gasteiger partial charge is 0.339 e. The summed E-state index contributed by atoms with van der Waals surface area (Å²) < 4.78 is 10.9. The molecule has 0 fully saturated rings. The lowest BCUT2D eigenvalue weighted by molar-refractivity contribution is 0.0452. The Bertz CT molecular complexity index is 646. The van der Waals surface area contributed by atoms with Crippen molar-refractivity contribution in [2.45, 2.75) is 13.0 Å². The zero-order valence-corrected chi connectivity index (χ0v) is 10.8. The topological polar surface area (TPSA) is 35.5 Å². The molecule has 0 radical (unpaired) electrons. The number of cyclic esters (lactones) is 1. The molecule has 3 heteroatoms. The van der Waals surface area contributed by atoms with Crippen LogP contribution in [0.5, 0.6) is 5.75 Å². The minimum absolute atomic E-state index is 0.274. The molecule has 0 aliphatic carbocycles. The summed E-state index contributed by atoms with van der Waals surface area (Å²) in [5.41, 5.74) is 3.53. The van der Waals surface area contributed by atoms with Gasteiger partial charge in [0.05, 0.1) is 12.7 Å². The number of hydrogen-bond donors (Lipinski definition) is 0. The Morgan fingerprint density at radius 2 is 1.89 bits per heavy atom. The van der Waals surface area contributed by atoms with Crippen molar-refractivity contribution in [2.75, 3.05) is 7.11 Å². The van der Waals surface area contributed by atoms with Crippen LogP contribution >= 0.6 is 0 Å². The molecule has 0 aromatic heterocycles. The van der Waals surface area contributed by atoms with E-state index < -0.39 is 0 Å². The van der Waals surface area contributed by atoms with Crippen LogP contribution in [0, 0.1) is 6.92 Å². The number of carbonyl (C=O) groups excluding carboxylic acids is 1. The predicted octanol–water partition coefficient (Wildman–Crippen LogP) is 3.26. The fourth-order valence-corrected chi connectivity index (χ4v) is 2.44. The maximum Gasteiger partial charge on any atom is 0.339 e. The fraction of sp³-hybridized carbons (Fsp3) is 0.188. The first-order chi connectivity index (χ1) is 9.20. The molecule has 0 spiro atoms. The van der Waals surface area contributed by atoms with Crippen molar-refractivity contribution in [1.82, 2.24) is 0 Å². The molecule has 19 heavy (non-hydrogen) atoms. The number of rotatable bonds is 2. The lowest BCUT2D eigenvalue weighted by Gasteiger charge is -2.15. The van der Waals surface area contributed by atoms with E-state index in [1.165, 1.54) is 0 Å². The summed E-state index contributed by atoms with van der Waals surface area (Å²) in [6, 6.07) is 13.3. The van der Waals surface area contributed by atoms with Gasteiger partial charge in [-0.3, -0.25) is 0 Å². The molecular formula is C16H14O3. The van der Waals surface area contributed by atoms with Gasteiger partial charge in [0.25, 0.3) is 0 Å². The minimum atomic E-state index is -0.376. The first kappa shape index (κ1) is 11.8. The van der Waals surface area contributed by atoms with Gasteiger partial charge in [-0.1, -0.05) is 29.8 Å². The summed E-state index contributed by atoms with van der Waals surface area (Å²) in [6.07, 6.45) is -0.376. The maximum atomic E-state index is 11.9. The second-order valence-electron chi connectivity index (χ2n) is 4.62. The van der Waals surface area contributed by atoms with Crippen LogP contribution in [0.15, 0.2) is 42.5 Å². The number of aryl methyl sites for hydroxylation is 1. The summed E-state index contributed by atoms with van der Waals surface area (Å²) in [4.78, 5) is 11.9. The largest absolute Gasteiger partial charge is 0.496 e. The van der Waals surface area contributed by atoms with Crippen LogP contribution in [0.3, 0.4) is 0 Å². The lowest BCUT2D eigenvalue weighted by Crippen LogP contribution is -2.03. The quantitative estimate of drug-likeness (QED) is 0.772. The highest BCUT2D eigenvalue weighted by Gasteiger charge is 2.33. The summed E-state index contributed by atoms with van der Waals surface area (Å²) in [7, 11) is 1.62. The number of hydrogen-bond acceptors (Lipinski definition) is 3. The molecule has 2 aromatic rings. The van der Waals surface area contributed by atoms with E-state index >= 15 is 0 Å². The van der Waals surface area contributed by atoms with Crippen molar-refractivity contribution in [3.8, 4) is 5.75 Å². The molecule has 0 amide bonds. The van der Waals surface area contributed by atoms with Gasteiger partial charge in [0.2, 0.25) is 0 Å². The van der Waals surface area contributed by atoms with E-state index in [4.69, 9.17) is 9.47 Å². The van der Waals surface area contributed by atoms with Gasteiger partial charge >= 0.3 is 5.97 Å². The van der Waals surface area contributed by atoms with Crippen molar-refractivity contribution in [2.24, 2.45) is 0 Å². The van der Waals surface area contributed by atoms with Crippen LogP contribution < -0.4 is 4.74 Å². The third kappa shape index (κ3) is 1.87. The van der Waals surface area contributed by atoms with Crippen molar-refractivity contribution < 1.29 is 14.3 Å². The highest BCUT2D eigenvalue weighted by Crippen LogP contribution is 2.39. The molecule has 2 aromatic carbocycles. The van der Waals surface area contributed by atoms with Crippen LogP contribution in [-0.2, 0) is 4.74 Å². The van der Waals surface area contributed by atoms with Gasteiger partial charge in [0, 0.05) is 11.1 Å². The zero-order chi connectivity index (χ0) is 13.4. The van der Waals surface area contributed by atoms with Gasteiger partial charge in [-0.05, 0) is 25.1 Å². The first-order valence-corrected chi connectivity index (χ1v) is 6.15. The number of ether oxygens (including phenoxy) is 2. The monoisotopic (exact) mass is 254 g/mol. The summed E-state index contributed by atoms with van der Waals surface area (Å²) in [5, 5.41) is 0. The van der Waals surface area contributed by atoms with Gasteiger partial charge in [0.15, 0.2) is 6.10 Å². The molecule has 3 nitrogen and oxygen atoms in total. The van der Waals surface area contributed by atoms with Crippen LogP contribution in [0.25, 0.3) is 0 Å². The Hall–Kier alpha value is -2.29. The van der Waals surface area contributed by atoms with Crippen molar-refractivity contribution in [3.63, 3.8) is 0 Å². The number of carbonyl (C=O) groups is 1. The Balaban J connectivity index is 2.14. The van der Waals surface area contributed by atoms with Crippen molar-refractivity contribution in [3.05, 3.63) is 64.7 Å². The first-order valence-electron chi connectivity index (χ1n) is 6.15. The van der Waals surface area contributed by atoms with E-state index in [2.05, 4.69) is 0 Å². The fourth-order valence-electron chi connectivity index (χ4n) is 2.44. The third-order valence-electron chi connectivity index (χ3n) is 3.36. The van der Waals surface area contributed by atoms with Gasteiger partial charge in [-0.2, -0.15) is 0 Å². The average molecular weight is 254 g/mol. The highest BCUT2D eigenvalue weighted by atomic mass is 16.6. The zero-order valence-electron chi connectivity index (χ0n) is 10.8. The second-order valence-corrected chi connectivity index (χ2v) is 4.62. The van der Waals surface area contributed by atoms with Crippen LogP contribution in [0.4, 0.5) is 0 Å². The molecule has 0 saturated carbocycles. The van der Waals surface area contributed by atoms with E-state index in [1.807, 2.05) is 43.3 Å². The van der Waals surface area contributed by atoms with Crippen LogP contribution in [0.1, 0.15) is 33.2 Å². The van der Waals surface area contributed by atoms with E-state index in [1.54, 1.807) is 13.2 Å². The average Bonchev–Trinajstić information content (AvgIpc) is 2.77. The van der Waals surface area contributed by atoms with E-state index in [0.29, 0.717) is 5.56 Å². The Morgan fingerprint density at radius 3 is 2.68 bits per heavy atom. The minimum Gasteiger partial charge on any atom is -0.496 e. The molecule has 1 aliphatic heterocycles. The lowest BCUT2D eigenvalue weighted by atomic mass is 9.97. The number of benzene rings is 2. The third-order valence-corrected chi connectivity index (χ3v) is 3.36. The molecular weight excluding hydrogens is 240 g/mol. The van der Waals surface area contributed by atoms with Crippen LogP contribution in [0.2, 0.25) is 0 Å². The maximum absolute atomic E-state index is 11.9. The normalized spacial score (nSPS) is 16.9. The van der Waals surface area contributed by atoms with Gasteiger partial charge < -0.3 is 9.47 Å². The molecule has 1 unspecified atom stereocenters. The molecule has 1 atom stereocenters. The summed E-state index contributed by atoms with van der Waals surface area (Å²) in [5.74, 6) is 0.462. The number of fused-ring (bicyclic) bond motifs is 1. The van der Waals surface area contributed by atoms with Gasteiger partial charge in [-0.25, -0.2) is 4.79 Å². The molecule has 1 aliphatic rings. The van der Waals surface area contributed by atoms with Gasteiger partial charge in [-0.15, -0.1) is 0 Å². The van der Waals surface area contributed by atoms with Crippen LogP contribution in [-0.4, -0.2) is 13.1 Å². The van der Waals surface area contributed by atoms with Crippen molar-refractivity contribution >= 4 is 5.97 Å². The number of methoxy groups -OCH3 is 1. The molecule has 96 valence electrons. The molecule has 0 saturated heterocycles.